The molecule has 3 N–H and O–H groups in total. The van der Waals surface area contributed by atoms with Crippen LogP contribution in [-0.2, 0) is 6.54 Å². The quantitative estimate of drug-likeness (QED) is 0.505. The number of furan rings is 1. The van der Waals surface area contributed by atoms with Gasteiger partial charge in [0, 0.05) is 0 Å². The largest absolute Gasteiger partial charge is 0.455 e. The Morgan fingerprint density at radius 3 is 2.60 bits per heavy atom. The molecule has 1 aromatic rings. The lowest BCUT2D eigenvalue weighted by molar-refractivity contribution is -0.185. The van der Waals surface area contributed by atoms with E-state index in [-0.39, 0.29) is 18.6 Å². The summed E-state index contributed by atoms with van der Waals surface area (Å²) >= 11 is 0. The highest BCUT2D eigenvalue weighted by Gasteiger charge is 2.41. The fourth-order valence-electron chi connectivity index (χ4n) is 2.29. The van der Waals surface area contributed by atoms with Gasteiger partial charge in [0.25, 0.3) is 0 Å². The maximum atomic E-state index is 12.5. The van der Waals surface area contributed by atoms with Gasteiger partial charge in [-0.3, -0.25) is 15.1 Å². The number of rotatable bonds is 3. The number of alkyl halides is 3. The summed E-state index contributed by atoms with van der Waals surface area (Å²) in [5.41, 5.74) is 1.95. The summed E-state index contributed by atoms with van der Waals surface area (Å²) in [6, 6.07) is 3.11. The minimum absolute atomic E-state index is 0.0904. The first kappa shape index (κ1) is 14.9. The van der Waals surface area contributed by atoms with Gasteiger partial charge in [-0.1, -0.05) is 0 Å². The van der Waals surface area contributed by atoms with E-state index in [0.29, 0.717) is 25.4 Å². The molecule has 112 valence electrons. The third kappa shape index (κ3) is 3.51. The number of halogens is 3. The number of carbonyl (C=O) groups excluding carboxylic acids is 1. The van der Waals surface area contributed by atoms with Crippen molar-refractivity contribution in [1.29, 1.82) is 0 Å². The second kappa shape index (κ2) is 5.84. The average molecular weight is 291 g/mol. The van der Waals surface area contributed by atoms with E-state index in [2.05, 4.69) is 0 Å². The zero-order valence-electron chi connectivity index (χ0n) is 10.7. The lowest BCUT2D eigenvalue weighted by Crippen LogP contribution is -2.38. The Morgan fingerprint density at radius 2 is 2.05 bits per heavy atom. The van der Waals surface area contributed by atoms with E-state index >= 15 is 0 Å². The van der Waals surface area contributed by atoms with Crippen LogP contribution in [0, 0.1) is 5.92 Å². The lowest BCUT2D eigenvalue weighted by Gasteiger charge is -2.32. The van der Waals surface area contributed by atoms with Gasteiger partial charge >= 0.3 is 12.1 Å². The molecule has 2 rings (SSSR count). The minimum Gasteiger partial charge on any atom is -0.455 e. The highest BCUT2D eigenvalue weighted by atomic mass is 19.4. The highest BCUT2D eigenvalue weighted by molar-refractivity contribution is 5.90. The number of amides is 1. The summed E-state index contributed by atoms with van der Waals surface area (Å²) in [6.45, 7) is 1.12. The van der Waals surface area contributed by atoms with Crippen LogP contribution < -0.4 is 11.3 Å². The summed E-state index contributed by atoms with van der Waals surface area (Å²) < 4.78 is 42.9. The maximum Gasteiger partial charge on any atom is 0.391 e. The van der Waals surface area contributed by atoms with Gasteiger partial charge < -0.3 is 4.42 Å². The van der Waals surface area contributed by atoms with E-state index in [1.807, 2.05) is 10.3 Å². The van der Waals surface area contributed by atoms with Crippen molar-refractivity contribution in [3.8, 4) is 0 Å². The van der Waals surface area contributed by atoms with Gasteiger partial charge in [0.15, 0.2) is 5.76 Å². The van der Waals surface area contributed by atoms with Crippen molar-refractivity contribution in [3.63, 3.8) is 0 Å². The topological polar surface area (TPSA) is 71.5 Å². The second-order valence-electron chi connectivity index (χ2n) is 4.83. The summed E-state index contributed by atoms with van der Waals surface area (Å²) in [6.07, 6.45) is -3.91. The second-order valence-corrected chi connectivity index (χ2v) is 4.83. The molecule has 0 bridgehead atoms. The zero-order valence-corrected chi connectivity index (χ0v) is 10.7. The van der Waals surface area contributed by atoms with E-state index in [0.717, 1.165) is 0 Å². The molecule has 1 aliphatic rings. The SMILES string of the molecule is NNC(=O)c1ccc(CN2CCC(C(F)(F)F)CC2)o1. The van der Waals surface area contributed by atoms with Crippen LogP contribution in [0.15, 0.2) is 16.5 Å². The average Bonchev–Trinajstić information content (AvgIpc) is 2.86. The maximum absolute atomic E-state index is 12.5. The highest BCUT2D eigenvalue weighted by Crippen LogP contribution is 2.34. The Bertz CT molecular complexity index is 465. The normalized spacial score (nSPS) is 18.2. The summed E-state index contributed by atoms with van der Waals surface area (Å²) in [4.78, 5) is 13.1. The number of piperidine rings is 1. The molecule has 5 nitrogen and oxygen atoms in total. The van der Waals surface area contributed by atoms with Crippen LogP contribution in [-0.4, -0.2) is 30.1 Å². The summed E-state index contributed by atoms with van der Waals surface area (Å²) in [7, 11) is 0. The Hall–Kier alpha value is -1.54. The van der Waals surface area contributed by atoms with Crippen molar-refractivity contribution >= 4 is 5.91 Å². The zero-order chi connectivity index (χ0) is 14.8. The van der Waals surface area contributed by atoms with E-state index in [4.69, 9.17) is 10.3 Å². The van der Waals surface area contributed by atoms with Crippen molar-refractivity contribution in [2.75, 3.05) is 13.1 Å². The molecule has 0 saturated carbocycles. The molecular formula is C12H16F3N3O2. The van der Waals surface area contributed by atoms with Gasteiger partial charge in [-0.05, 0) is 38.1 Å². The van der Waals surface area contributed by atoms with Crippen molar-refractivity contribution in [1.82, 2.24) is 10.3 Å². The van der Waals surface area contributed by atoms with Gasteiger partial charge in [0.2, 0.25) is 0 Å². The van der Waals surface area contributed by atoms with Crippen LogP contribution in [0.4, 0.5) is 13.2 Å². The number of nitrogens with one attached hydrogen (secondary N) is 1. The molecule has 2 heterocycles. The van der Waals surface area contributed by atoms with Crippen LogP contribution in [0.25, 0.3) is 0 Å². The lowest BCUT2D eigenvalue weighted by atomic mass is 9.96. The molecular weight excluding hydrogens is 275 g/mol. The molecule has 20 heavy (non-hydrogen) atoms. The van der Waals surface area contributed by atoms with Crippen molar-refractivity contribution < 1.29 is 22.4 Å². The third-order valence-electron chi connectivity index (χ3n) is 3.45. The molecule has 0 aromatic carbocycles. The molecule has 0 atom stereocenters. The number of hydrazine groups is 1. The Morgan fingerprint density at radius 1 is 1.40 bits per heavy atom. The van der Waals surface area contributed by atoms with Crippen LogP contribution in [0.2, 0.25) is 0 Å². The fourth-order valence-corrected chi connectivity index (χ4v) is 2.29. The van der Waals surface area contributed by atoms with Crippen LogP contribution in [0.5, 0.6) is 0 Å². The first-order valence-electron chi connectivity index (χ1n) is 6.29. The van der Waals surface area contributed by atoms with Gasteiger partial charge in [-0.2, -0.15) is 13.2 Å². The minimum atomic E-state index is -4.11. The smallest absolute Gasteiger partial charge is 0.391 e. The fraction of sp³-hybridized carbons (Fsp3) is 0.583. The molecule has 1 amide bonds. The van der Waals surface area contributed by atoms with E-state index in [1.54, 1.807) is 6.07 Å². The predicted molar refractivity (Wildman–Crippen MR) is 64.4 cm³/mol. The van der Waals surface area contributed by atoms with Gasteiger partial charge in [0.05, 0.1) is 12.5 Å². The van der Waals surface area contributed by atoms with Gasteiger partial charge in [-0.15, -0.1) is 0 Å². The molecule has 1 saturated heterocycles. The monoisotopic (exact) mass is 291 g/mol. The van der Waals surface area contributed by atoms with Crippen molar-refractivity contribution in [3.05, 3.63) is 23.7 Å². The molecule has 0 aliphatic carbocycles. The molecule has 1 aromatic heterocycles. The number of nitrogen functional groups attached to an aromatic ring is 1. The van der Waals surface area contributed by atoms with E-state index in [9.17, 15) is 18.0 Å². The molecule has 0 spiro atoms. The molecule has 0 radical (unpaired) electrons. The molecule has 8 heteroatoms. The Labute approximate surface area is 113 Å². The van der Waals surface area contributed by atoms with Gasteiger partial charge in [-0.25, -0.2) is 5.84 Å². The predicted octanol–water partition coefficient (Wildman–Crippen LogP) is 1.66. The number of hydrogen-bond donors (Lipinski definition) is 2. The number of likely N-dealkylation sites (tertiary alicyclic amines) is 1. The molecule has 0 unspecified atom stereocenters. The van der Waals surface area contributed by atoms with Crippen molar-refractivity contribution in [2.24, 2.45) is 11.8 Å². The molecule has 1 aliphatic heterocycles. The molecule has 1 fully saturated rings. The Kier molecular flexibility index (Phi) is 4.34. The Balaban J connectivity index is 1.87. The number of nitrogens with zero attached hydrogens (tertiary/aromatic N) is 1. The first-order chi connectivity index (χ1) is 9.40. The number of nitrogens with two attached hydrogens (primary N) is 1. The van der Waals surface area contributed by atoms with Crippen molar-refractivity contribution in [2.45, 2.75) is 25.6 Å². The first-order valence-corrected chi connectivity index (χ1v) is 6.29. The summed E-state index contributed by atoms with van der Waals surface area (Å²) in [5.74, 6) is 3.85. The summed E-state index contributed by atoms with van der Waals surface area (Å²) in [5, 5.41) is 0. The van der Waals surface area contributed by atoms with E-state index in [1.165, 1.54) is 6.07 Å². The van der Waals surface area contributed by atoms with Gasteiger partial charge in [0.1, 0.15) is 5.76 Å². The van der Waals surface area contributed by atoms with E-state index < -0.39 is 18.0 Å². The number of hydrogen-bond acceptors (Lipinski definition) is 4. The van der Waals surface area contributed by atoms with Crippen LogP contribution in [0.3, 0.4) is 0 Å². The van der Waals surface area contributed by atoms with Crippen LogP contribution in [0.1, 0.15) is 29.2 Å². The standard InChI is InChI=1S/C12H16F3N3O2/c13-12(14,15)8-3-5-18(6-4-8)7-9-1-2-10(20-9)11(19)17-16/h1-2,8H,3-7,16H2,(H,17,19). The third-order valence-corrected chi connectivity index (χ3v) is 3.45. The number of carbonyl (C=O) groups is 1. The van der Waals surface area contributed by atoms with Crippen LogP contribution >= 0.6 is 0 Å².